The summed E-state index contributed by atoms with van der Waals surface area (Å²) in [6.07, 6.45) is 8.84. The van der Waals surface area contributed by atoms with Crippen molar-refractivity contribution in [3.05, 3.63) is 59.2 Å². The van der Waals surface area contributed by atoms with Crippen LogP contribution in [-0.2, 0) is 20.8 Å². The van der Waals surface area contributed by atoms with Gasteiger partial charge in [-0.2, -0.15) is 11.8 Å². The van der Waals surface area contributed by atoms with Crippen molar-refractivity contribution in [2.45, 2.75) is 64.1 Å². The summed E-state index contributed by atoms with van der Waals surface area (Å²) in [5.41, 5.74) is 4.44. The van der Waals surface area contributed by atoms with Gasteiger partial charge in [0.05, 0.1) is 25.9 Å². The van der Waals surface area contributed by atoms with E-state index in [4.69, 9.17) is 9.47 Å². The van der Waals surface area contributed by atoms with E-state index in [2.05, 4.69) is 16.3 Å². The molecule has 2 aromatic rings. The van der Waals surface area contributed by atoms with Crippen molar-refractivity contribution in [3.63, 3.8) is 0 Å². The topological polar surface area (TPSA) is 88.1 Å². The monoisotopic (exact) mass is 568 g/mol. The lowest BCUT2D eigenvalue weighted by molar-refractivity contribution is -0.139. The van der Waals surface area contributed by atoms with Crippen molar-refractivity contribution < 1.29 is 24.2 Å². The minimum Gasteiger partial charge on any atom is -0.480 e. The van der Waals surface area contributed by atoms with E-state index in [-0.39, 0.29) is 11.9 Å². The molecule has 40 heavy (non-hydrogen) atoms. The molecule has 2 N–H and O–H groups in total. The molecule has 1 saturated carbocycles. The first-order valence-electron chi connectivity index (χ1n) is 14.6. The number of nitrogens with one attached hydrogen (secondary N) is 1. The van der Waals surface area contributed by atoms with Crippen LogP contribution in [-0.4, -0.2) is 78.9 Å². The van der Waals surface area contributed by atoms with Crippen molar-refractivity contribution in [3.8, 4) is 11.1 Å². The maximum atomic E-state index is 13.4. The number of amides is 1. The summed E-state index contributed by atoms with van der Waals surface area (Å²) in [6.45, 7) is 6.43. The van der Waals surface area contributed by atoms with Crippen LogP contribution in [0.3, 0.4) is 0 Å². The van der Waals surface area contributed by atoms with Gasteiger partial charge in [0, 0.05) is 25.3 Å². The van der Waals surface area contributed by atoms with Crippen LogP contribution in [0, 0.1) is 12.8 Å². The Balaban J connectivity index is 1.51. The van der Waals surface area contributed by atoms with Gasteiger partial charge >= 0.3 is 5.97 Å². The number of nitrogens with zero attached hydrogens (tertiary/aromatic N) is 1. The van der Waals surface area contributed by atoms with Crippen LogP contribution in [0.1, 0.15) is 60.0 Å². The first-order valence-corrected chi connectivity index (χ1v) is 16.0. The molecule has 4 rings (SSSR count). The predicted octanol–water partition coefficient (Wildman–Crippen LogP) is 5.40. The molecular weight excluding hydrogens is 524 g/mol. The summed E-state index contributed by atoms with van der Waals surface area (Å²) in [5.74, 6) is -0.0333. The predicted molar refractivity (Wildman–Crippen MR) is 161 cm³/mol. The summed E-state index contributed by atoms with van der Waals surface area (Å²) in [6, 6.07) is 13.2. The molecule has 1 amide bonds. The van der Waals surface area contributed by atoms with E-state index < -0.39 is 12.0 Å². The maximum Gasteiger partial charge on any atom is 0.326 e. The number of hydrogen-bond donors (Lipinski definition) is 2. The van der Waals surface area contributed by atoms with E-state index in [9.17, 15) is 14.7 Å². The third-order valence-electron chi connectivity index (χ3n) is 8.10. The third kappa shape index (κ3) is 8.56. The molecule has 0 bridgehead atoms. The summed E-state index contributed by atoms with van der Waals surface area (Å²) >= 11 is 1.57. The quantitative estimate of drug-likeness (QED) is 0.335. The molecule has 2 aliphatic rings. The molecule has 218 valence electrons. The largest absolute Gasteiger partial charge is 0.480 e. The zero-order valence-electron chi connectivity index (χ0n) is 23.9. The van der Waals surface area contributed by atoms with Crippen molar-refractivity contribution in [2.75, 3.05) is 45.0 Å². The lowest BCUT2D eigenvalue weighted by atomic mass is 9.90. The Morgan fingerprint density at radius 1 is 1.12 bits per heavy atom. The van der Waals surface area contributed by atoms with Gasteiger partial charge in [0.25, 0.3) is 5.91 Å². The lowest BCUT2D eigenvalue weighted by Gasteiger charge is -2.36. The summed E-state index contributed by atoms with van der Waals surface area (Å²) in [5, 5.41) is 12.4. The van der Waals surface area contributed by atoms with Crippen LogP contribution in [0.25, 0.3) is 11.1 Å². The van der Waals surface area contributed by atoms with Gasteiger partial charge in [0.2, 0.25) is 0 Å². The van der Waals surface area contributed by atoms with Crippen LogP contribution < -0.4 is 5.32 Å². The van der Waals surface area contributed by atoms with E-state index in [0.29, 0.717) is 43.5 Å². The SMILES string of the molecule is CSCC[C@H](NC(=O)c1ccc(CN2CCOC[C@H]2COCC2CCCCC2)cc1-c1ccccc1C)C(=O)O. The number of hydrogen-bond acceptors (Lipinski definition) is 6. The smallest absolute Gasteiger partial charge is 0.326 e. The number of carboxylic acid groups (broad SMARTS) is 1. The minimum atomic E-state index is -1.01. The minimum absolute atomic E-state index is 0.190. The van der Waals surface area contributed by atoms with E-state index >= 15 is 0 Å². The van der Waals surface area contributed by atoms with Crippen molar-refractivity contribution in [1.29, 1.82) is 0 Å². The number of ether oxygens (including phenoxy) is 2. The Morgan fingerprint density at radius 2 is 1.93 bits per heavy atom. The fraction of sp³-hybridized carbons (Fsp3) is 0.562. The van der Waals surface area contributed by atoms with Crippen molar-refractivity contribution in [1.82, 2.24) is 10.2 Å². The Morgan fingerprint density at radius 3 is 2.67 bits per heavy atom. The van der Waals surface area contributed by atoms with Gasteiger partial charge < -0.3 is 19.9 Å². The molecule has 1 saturated heterocycles. The number of aliphatic carboxylic acids is 1. The molecular formula is C32H44N2O5S. The van der Waals surface area contributed by atoms with Gasteiger partial charge in [0.1, 0.15) is 6.04 Å². The lowest BCUT2D eigenvalue weighted by Crippen LogP contribution is -2.47. The first-order chi connectivity index (χ1) is 19.5. The number of carboxylic acids is 1. The van der Waals surface area contributed by atoms with Crippen LogP contribution in [0.15, 0.2) is 42.5 Å². The highest BCUT2D eigenvalue weighted by molar-refractivity contribution is 7.98. The zero-order chi connectivity index (χ0) is 28.3. The zero-order valence-corrected chi connectivity index (χ0v) is 24.7. The number of benzene rings is 2. The van der Waals surface area contributed by atoms with E-state index in [1.807, 2.05) is 49.6 Å². The normalized spacial score (nSPS) is 19.3. The number of carbonyl (C=O) groups is 2. The van der Waals surface area contributed by atoms with Gasteiger partial charge in [0.15, 0.2) is 0 Å². The fourth-order valence-electron chi connectivity index (χ4n) is 5.72. The molecule has 1 heterocycles. The van der Waals surface area contributed by atoms with Crippen LogP contribution in [0.4, 0.5) is 0 Å². The molecule has 7 nitrogen and oxygen atoms in total. The van der Waals surface area contributed by atoms with Gasteiger partial charge in [-0.25, -0.2) is 4.79 Å². The van der Waals surface area contributed by atoms with E-state index in [0.717, 1.165) is 42.0 Å². The molecule has 1 aliphatic heterocycles. The fourth-order valence-corrected chi connectivity index (χ4v) is 6.20. The number of aryl methyl sites for hydroxylation is 1. The average Bonchev–Trinajstić information content (AvgIpc) is 2.96. The van der Waals surface area contributed by atoms with Crippen LogP contribution in [0.2, 0.25) is 0 Å². The molecule has 1 aliphatic carbocycles. The van der Waals surface area contributed by atoms with Crippen molar-refractivity contribution >= 4 is 23.6 Å². The van der Waals surface area contributed by atoms with Crippen LogP contribution in [0.5, 0.6) is 0 Å². The van der Waals surface area contributed by atoms with Crippen LogP contribution >= 0.6 is 11.8 Å². The molecule has 0 unspecified atom stereocenters. The van der Waals surface area contributed by atoms with Gasteiger partial charge in [-0.05, 0) is 78.5 Å². The number of carbonyl (C=O) groups excluding carboxylic acids is 1. The molecule has 2 aromatic carbocycles. The van der Waals surface area contributed by atoms with E-state index in [1.165, 1.54) is 32.1 Å². The summed E-state index contributed by atoms with van der Waals surface area (Å²) < 4.78 is 12.0. The molecule has 0 aromatic heterocycles. The highest BCUT2D eigenvalue weighted by atomic mass is 32.2. The number of rotatable bonds is 13. The Hall–Kier alpha value is -2.39. The standard InChI is InChI=1S/C32H44N2O5S/c1-23-8-6-7-11-27(23)29-18-25(12-13-28(29)31(35)33-30(32(36)37)14-17-40-2)19-34-15-16-38-21-26(34)22-39-20-24-9-4-3-5-10-24/h6-8,11-13,18,24,26,30H,3-5,9-10,14-17,19-22H2,1-2H3,(H,33,35)(H,36,37)/t26-,30-/m0/s1. The average molecular weight is 569 g/mol. The molecule has 2 fully saturated rings. The summed E-state index contributed by atoms with van der Waals surface area (Å²) in [4.78, 5) is 27.6. The van der Waals surface area contributed by atoms with Gasteiger partial charge in [-0.15, -0.1) is 0 Å². The Labute approximate surface area is 243 Å². The first kappa shape index (κ1) is 30.6. The highest BCUT2D eigenvalue weighted by Gasteiger charge is 2.26. The second kappa shape index (κ2) is 15.6. The second-order valence-electron chi connectivity index (χ2n) is 11.1. The molecule has 8 heteroatoms. The molecule has 0 spiro atoms. The summed E-state index contributed by atoms with van der Waals surface area (Å²) in [7, 11) is 0. The highest BCUT2D eigenvalue weighted by Crippen LogP contribution is 2.29. The Bertz CT molecular complexity index is 1120. The number of thioether (sulfide) groups is 1. The third-order valence-corrected chi connectivity index (χ3v) is 8.75. The molecule has 0 radical (unpaired) electrons. The van der Waals surface area contributed by atoms with Gasteiger partial charge in [-0.1, -0.05) is 49.6 Å². The Kier molecular flexibility index (Phi) is 11.9. The molecule has 2 atom stereocenters. The number of morpholine rings is 1. The van der Waals surface area contributed by atoms with E-state index in [1.54, 1.807) is 11.8 Å². The maximum absolute atomic E-state index is 13.4. The van der Waals surface area contributed by atoms with Gasteiger partial charge in [-0.3, -0.25) is 9.69 Å². The second-order valence-corrected chi connectivity index (χ2v) is 12.1. The van der Waals surface area contributed by atoms with Crippen molar-refractivity contribution in [2.24, 2.45) is 5.92 Å².